The van der Waals surface area contributed by atoms with Crippen molar-refractivity contribution in [1.29, 1.82) is 0 Å². The van der Waals surface area contributed by atoms with Crippen LogP contribution in [-0.4, -0.2) is 24.5 Å². The third-order valence-corrected chi connectivity index (χ3v) is 2.46. The molecule has 0 aliphatic heterocycles. The fourth-order valence-electron chi connectivity index (χ4n) is 1.63. The SMILES string of the molecule is Cn1cnc2c(Oc3ccnc(F)c3)nc(N)nc21. The van der Waals surface area contributed by atoms with E-state index in [-0.39, 0.29) is 17.6 Å². The van der Waals surface area contributed by atoms with Gasteiger partial charge >= 0.3 is 0 Å². The van der Waals surface area contributed by atoms with Gasteiger partial charge in [0.25, 0.3) is 5.88 Å². The van der Waals surface area contributed by atoms with E-state index in [1.54, 1.807) is 17.9 Å². The number of rotatable bonds is 2. The fraction of sp³-hybridized carbons (Fsp3) is 0.0909. The lowest BCUT2D eigenvalue weighted by Gasteiger charge is -2.05. The van der Waals surface area contributed by atoms with Gasteiger partial charge in [-0.05, 0) is 6.07 Å². The summed E-state index contributed by atoms with van der Waals surface area (Å²) in [7, 11) is 1.78. The molecule has 3 heterocycles. The van der Waals surface area contributed by atoms with Crippen LogP contribution in [0.5, 0.6) is 11.6 Å². The minimum Gasteiger partial charge on any atom is -0.437 e. The van der Waals surface area contributed by atoms with Crippen molar-refractivity contribution in [1.82, 2.24) is 24.5 Å². The lowest BCUT2D eigenvalue weighted by Crippen LogP contribution is -2.00. The van der Waals surface area contributed by atoms with E-state index < -0.39 is 5.95 Å². The molecule has 0 saturated heterocycles. The van der Waals surface area contributed by atoms with Crippen LogP contribution in [0.1, 0.15) is 0 Å². The normalized spacial score (nSPS) is 10.8. The molecule has 96 valence electrons. The number of ether oxygens (including phenoxy) is 1. The lowest BCUT2D eigenvalue weighted by atomic mass is 10.4. The molecule has 0 fully saturated rings. The number of hydrogen-bond donors (Lipinski definition) is 1. The average Bonchev–Trinajstić information content (AvgIpc) is 2.71. The molecule has 0 bridgehead atoms. The number of halogens is 1. The Labute approximate surface area is 106 Å². The van der Waals surface area contributed by atoms with Gasteiger partial charge in [-0.15, -0.1) is 0 Å². The molecule has 8 heteroatoms. The molecule has 0 saturated carbocycles. The first-order valence-corrected chi connectivity index (χ1v) is 5.37. The van der Waals surface area contributed by atoms with Crippen molar-refractivity contribution in [2.75, 3.05) is 5.73 Å². The Bertz CT molecular complexity index is 756. The van der Waals surface area contributed by atoms with E-state index in [1.165, 1.54) is 12.3 Å². The van der Waals surface area contributed by atoms with Gasteiger partial charge in [-0.25, -0.2) is 9.97 Å². The molecule has 0 amide bonds. The van der Waals surface area contributed by atoms with Crippen LogP contribution < -0.4 is 10.5 Å². The van der Waals surface area contributed by atoms with Gasteiger partial charge in [0.2, 0.25) is 11.9 Å². The summed E-state index contributed by atoms with van der Waals surface area (Å²) < 4.78 is 20.2. The molecule has 0 unspecified atom stereocenters. The number of aryl methyl sites for hydroxylation is 1. The molecule has 0 spiro atoms. The molecule has 7 nitrogen and oxygen atoms in total. The second-order valence-corrected chi connectivity index (χ2v) is 3.83. The molecule has 0 aliphatic rings. The Morgan fingerprint density at radius 3 is 2.95 bits per heavy atom. The zero-order chi connectivity index (χ0) is 13.4. The minimum absolute atomic E-state index is 0.0561. The number of aromatic nitrogens is 5. The average molecular weight is 260 g/mol. The lowest BCUT2D eigenvalue weighted by molar-refractivity contribution is 0.459. The van der Waals surface area contributed by atoms with Gasteiger partial charge in [0.1, 0.15) is 5.75 Å². The molecule has 0 radical (unpaired) electrons. The highest BCUT2D eigenvalue weighted by Crippen LogP contribution is 2.26. The van der Waals surface area contributed by atoms with Crippen LogP contribution in [0.25, 0.3) is 11.2 Å². The van der Waals surface area contributed by atoms with Gasteiger partial charge in [-0.3, -0.25) is 0 Å². The molecule has 0 atom stereocenters. The third-order valence-electron chi connectivity index (χ3n) is 2.46. The Morgan fingerprint density at radius 1 is 1.32 bits per heavy atom. The number of fused-ring (bicyclic) bond motifs is 1. The van der Waals surface area contributed by atoms with Crippen molar-refractivity contribution in [3.05, 3.63) is 30.6 Å². The second-order valence-electron chi connectivity index (χ2n) is 3.83. The molecule has 0 aromatic carbocycles. The first-order valence-electron chi connectivity index (χ1n) is 5.37. The van der Waals surface area contributed by atoms with Gasteiger partial charge < -0.3 is 15.0 Å². The number of hydrogen-bond acceptors (Lipinski definition) is 6. The maximum atomic E-state index is 13.0. The Kier molecular flexibility index (Phi) is 2.48. The van der Waals surface area contributed by atoms with Crippen molar-refractivity contribution in [2.24, 2.45) is 7.05 Å². The fourth-order valence-corrected chi connectivity index (χ4v) is 1.63. The Morgan fingerprint density at radius 2 is 2.16 bits per heavy atom. The van der Waals surface area contributed by atoms with Crippen LogP contribution in [-0.2, 0) is 7.05 Å². The molecular formula is C11H9FN6O. The number of nitrogen functional groups attached to an aromatic ring is 1. The van der Waals surface area contributed by atoms with Crippen molar-refractivity contribution in [3.63, 3.8) is 0 Å². The van der Waals surface area contributed by atoms with Crippen LogP contribution in [0.15, 0.2) is 24.7 Å². The van der Waals surface area contributed by atoms with E-state index in [4.69, 9.17) is 10.5 Å². The maximum Gasteiger partial charge on any atom is 0.252 e. The first-order chi connectivity index (χ1) is 9.13. The smallest absolute Gasteiger partial charge is 0.252 e. The summed E-state index contributed by atoms with van der Waals surface area (Å²) in [4.78, 5) is 15.6. The molecule has 2 N–H and O–H groups in total. The monoisotopic (exact) mass is 260 g/mol. The van der Waals surface area contributed by atoms with E-state index in [1.807, 2.05) is 0 Å². The van der Waals surface area contributed by atoms with Crippen molar-refractivity contribution in [2.45, 2.75) is 0 Å². The number of imidazole rings is 1. The zero-order valence-electron chi connectivity index (χ0n) is 9.91. The van der Waals surface area contributed by atoms with Crippen LogP contribution in [0.2, 0.25) is 0 Å². The van der Waals surface area contributed by atoms with Crippen molar-refractivity contribution < 1.29 is 9.13 Å². The van der Waals surface area contributed by atoms with Crippen LogP contribution in [0.4, 0.5) is 10.3 Å². The maximum absolute atomic E-state index is 13.0. The van der Waals surface area contributed by atoms with E-state index >= 15 is 0 Å². The quantitative estimate of drug-likeness (QED) is 0.697. The largest absolute Gasteiger partial charge is 0.437 e. The standard InChI is InChI=1S/C11H9FN6O/c1-18-5-15-8-9(18)16-11(13)17-10(8)19-6-2-3-14-7(12)4-6/h2-5H,1H3,(H2,13,16,17). The summed E-state index contributed by atoms with van der Waals surface area (Å²) in [5, 5.41) is 0. The zero-order valence-corrected chi connectivity index (χ0v) is 9.91. The highest BCUT2D eigenvalue weighted by Gasteiger charge is 2.13. The summed E-state index contributed by atoms with van der Waals surface area (Å²) in [6.45, 7) is 0. The Balaban J connectivity index is 2.10. The number of anilines is 1. The summed E-state index contributed by atoms with van der Waals surface area (Å²) in [5.74, 6) is -0.149. The second kappa shape index (κ2) is 4.16. The summed E-state index contributed by atoms with van der Waals surface area (Å²) >= 11 is 0. The van der Waals surface area contributed by atoms with Crippen LogP contribution in [0, 0.1) is 5.95 Å². The molecule has 3 aromatic heterocycles. The van der Waals surface area contributed by atoms with Gasteiger partial charge in [0, 0.05) is 19.3 Å². The predicted molar refractivity (Wildman–Crippen MR) is 65.0 cm³/mol. The first kappa shape index (κ1) is 11.3. The molecule has 19 heavy (non-hydrogen) atoms. The number of pyridine rings is 1. The number of nitrogens with zero attached hydrogens (tertiary/aromatic N) is 5. The van der Waals surface area contributed by atoms with Gasteiger partial charge in [0.15, 0.2) is 11.2 Å². The highest BCUT2D eigenvalue weighted by atomic mass is 19.1. The van der Waals surface area contributed by atoms with Gasteiger partial charge in [-0.2, -0.15) is 14.4 Å². The summed E-state index contributed by atoms with van der Waals surface area (Å²) in [6.07, 6.45) is 2.86. The van der Waals surface area contributed by atoms with E-state index in [2.05, 4.69) is 19.9 Å². The molecule has 3 aromatic rings. The topological polar surface area (TPSA) is 91.7 Å². The molecule has 3 rings (SSSR count). The van der Waals surface area contributed by atoms with Crippen molar-refractivity contribution >= 4 is 17.1 Å². The predicted octanol–water partition coefficient (Wildman–Crippen LogP) is 1.27. The van der Waals surface area contributed by atoms with E-state index in [9.17, 15) is 4.39 Å². The molecular weight excluding hydrogens is 251 g/mol. The van der Waals surface area contributed by atoms with Gasteiger partial charge in [0.05, 0.1) is 6.33 Å². The van der Waals surface area contributed by atoms with Gasteiger partial charge in [-0.1, -0.05) is 0 Å². The Hall–Kier alpha value is -2.77. The molecule has 0 aliphatic carbocycles. The highest BCUT2D eigenvalue weighted by molar-refractivity contribution is 5.77. The van der Waals surface area contributed by atoms with E-state index in [0.29, 0.717) is 11.2 Å². The van der Waals surface area contributed by atoms with E-state index in [0.717, 1.165) is 6.07 Å². The van der Waals surface area contributed by atoms with Crippen molar-refractivity contribution in [3.8, 4) is 11.6 Å². The van der Waals surface area contributed by atoms with Crippen LogP contribution >= 0.6 is 0 Å². The van der Waals surface area contributed by atoms with Crippen LogP contribution in [0.3, 0.4) is 0 Å². The summed E-state index contributed by atoms with van der Waals surface area (Å²) in [5.41, 5.74) is 6.60. The minimum atomic E-state index is -0.642. The summed E-state index contributed by atoms with van der Waals surface area (Å²) in [6, 6.07) is 2.66. The number of nitrogens with two attached hydrogens (primary N) is 1. The third kappa shape index (κ3) is 2.03.